The molecule has 0 aliphatic rings. The molecule has 0 atom stereocenters. The lowest BCUT2D eigenvalue weighted by Gasteiger charge is -2.11. The molecule has 62 heavy (non-hydrogen) atoms. The highest BCUT2D eigenvalue weighted by atomic mass is 15.0. The number of benzene rings is 10. The van der Waals surface area contributed by atoms with Gasteiger partial charge in [-0.1, -0.05) is 158 Å². The molecule has 10 aromatic carbocycles. The summed E-state index contributed by atoms with van der Waals surface area (Å²) in [5.74, 6) is 0. The first-order valence-corrected chi connectivity index (χ1v) is 21.3. The lowest BCUT2D eigenvalue weighted by molar-refractivity contribution is 1.18. The highest BCUT2D eigenvalue weighted by Gasteiger charge is 2.15. The molecule has 0 bridgehead atoms. The number of rotatable bonds is 7. The molecule has 2 heteroatoms. The predicted octanol–water partition coefficient (Wildman–Crippen LogP) is 16.2. The summed E-state index contributed by atoms with van der Waals surface area (Å²) in [5.41, 5.74) is 19.2. The number of hydrogen-bond donors (Lipinski definition) is 0. The van der Waals surface area contributed by atoms with Gasteiger partial charge in [-0.3, -0.25) is 0 Å². The van der Waals surface area contributed by atoms with E-state index in [4.69, 9.17) is 0 Å². The summed E-state index contributed by atoms with van der Waals surface area (Å²) in [5, 5.41) is 5.04. The van der Waals surface area contributed by atoms with Crippen LogP contribution in [0.4, 0.5) is 0 Å². The molecule has 0 aliphatic heterocycles. The summed E-state index contributed by atoms with van der Waals surface area (Å²) in [6.07, 6.45) is 0. The third kappa shape index (κ3) is 6.12. The maximum atomic E-state index is 2.37. The molecule has 0 fully saturated rings. The molecule has 12 aromatic rings. The van der Waals surface area contributed by atoms with Gasteiger partial charge in [-0.25, -0.2) is 0 Å². The van der Waals surface area contributed by atoms with Crippen LogP contribution in [-0.2, 0) is 0 Å². The van der Waals surface area contributed by atoms with Crippen LogP contribution in [0.3, 0.4) is 0 Å². The summed E-state index contributed by atoms with van der Waals surface area (Å²) in [6, 6.07) is 88.4. The van der Waals surface area contributed by atoms with E-state index in [1.807, 2.05) is 0 Å². The molecule has 2 aromatic heterocycles. The van der Waals surface area contributed by atoms with E-state index >= 15 is 0 Å². The second-order valence-electron chi connectivity index (χ2n) is 16.2. The Kier molecular flexibility index (Phi) is 8.53. The summed E-state index contributed by atoms with van der Waals surface area (Å²) in [7, 11) is 0. The van der Waals surface area contributed by atoms with Crippen LogP contribution in [0.1, 0.15) is 0 Å². The number of hydrogen-bond acceptors (Lipinski definition) is 0. The van der Waals surface area contributed by atoms with E-state index in [9.17, 15) is 0 Å². The summed E-state index contributed by atoms with van der Waals surface area (Å²) < 4.78 is 4.74. The lowest BCUT2D eigenvalue weighted by atomic mass is 9.93. The van der Waals surface area contributed by atoms with Crippen LogP contribution in [0.25, 0.3) is 111 Å². The zero-order valence-corrected chi connectivity index (χ0v) is 34.0. The third-order valence-corrected chi connectivity index (χ3v) is 12.5. The van der Waals surface area contributed by atoms with Crippen LogP contribution in [-0.4, -0.2) is 9.13 Å². The molecule has 0 spiro atoms. The zero-order chi connectivity index (χ0) is 41.0. The van der Waals surface area contributed by atoms with Crippen LogP contribution in [0.5, 0.6) is 0 Å². The highest BCUT2D eigenvalue weighted by molar-refractivity contribution is 6.11. The first-order valence-electron chi connectivity index (χ1n) is 21.3. The Morgan fingerprint density at radius 1 is 0.177 bits per heavy atom. The molecule has 2 nitrogen and oxygen atoms in total. The van der Waals surface area contributed by atoms with Crippen LogP contribution >= 0.6 is 0 Å². The van der Waals surface area contributed by atoms with E-state index < -0.39 is 0 Å². The van der Waals surface area contributed by atoms with Crippen molar-refractivity contribution >= 4 is 43.6 Å². The molecule has 290 valence electrons. The second-order valence-corrected chi connectivity index (χ2v) is 16.2. The van der Waals surface area contributed by atoms with E-state index in [2.05, 4.69) is 252 Å². The normalized spacial score (nSPS) is 11.5. The van der Waals surface area contributed by atoms with Crippen molar-refractivity contribution < 1.29 is 0 Å². The van der Waals surface area contributed by atoms with E-state index in [0.29, 0.717) is 0 Å². The Balaban J connectivity index is 0.861. The molecule has 0 N–H and O–H groups in total. The maximum absolute atomic E-state index is 2.37. The highest BCUT2D eigenvalue weighted by Crippen LogP contribution is 2.39. The third-order valence-electron chi connectivity index (χ3n) is 12.5. The standard InChI is InChI=1S/C60H40N2/c1-3-23-51(24-4-1)61-57-29-9-7-27-53(57)55-39-49(31-33-59(55)61)47-21-13-19-45(37-47)43-17-11-15-41(35-43)42-16-12-18-44(36-42)46-20-14-22-48(38-46)50-32-34-60-56(40-50)54-28-8-10-30-58(54)62(60)52-25-5-2-6-26-52/h1-40H. The Morgan fingerprint density at radius 3 is 0.790 bits per heavy atom. The smallest absolute Gasteiger partial charge is 0.0541 e. The number of aromatic nitrogens is 2. The Labute approximate surface area is 360 Å². The fraction of sp³-hybridized carbons (Fsp3) is 0. The molecular weight excluding hydrogens is 749 g/mol. The van der Waals surface area contributed by atoms with Crippen LogP contribution < -0.4 is 0 Å². The molecule has 0 saturated heterocycles. The van der Waals surface area contributed by atoms with E-state index in [1.54, 1.807) is 0 Å². The maximum Gasteiger partial charge on any atom is 0.0541 e. The van der Waals surface area contributed by atoms with E-state index in [-0.39, 0.29) is 0 Å². The SMILES string of the molecule is c1ccc(-n2c3ccccc3c3cc(-c4cccc(-c5cccc(-c6cccc(-c7cccc(-c8ccc9c(c8)c8ccccc8n9-c8ccccc8)c7)c6)c5)c4)ccc32)cc1. The van der Waals surface area contributed by atoms with Crippen molar-refractivity contribution in [2.45, 2.75) is 0 Å². The topological polar surface area (TPSA) is 9.86 Å². The molecule has 0 amide bonds. The largest absolute Gasteiger partial charge is 0.309 e. The molecule has 0 unspecified atom stereocenters. The molecule has 2 heterocycles. The molecule has 12 rings (SSSR count). The van der Waals surface area contributed by atoms with Gasteiger partial charge >= 0.3 is 0 Å². The van der Waals surface area contributed by atoms with Gasteiger partial charge in [0, 0.05) is 32.9 Å². The van der Waals surface area contributed by atoms with Gasteiger partial charge in [0.05, 0.1) is 22.1 Å². The molecule has 0 aliphatic carbocycles. The fourth-order valence-electron chi connectivity index (χ4n) is 9.53. The van der Waals surface area contributed by atoms with Crippen molar-refractivity contribution in [2.24, 2.45) is 0 Å². The first kappa shape index (κ1) is 35.7. The molecule has 0 radical (unpaired) electrons. The zero-order valence-electron chi connectivity index (χ0n) is 34.0. The Bertz CT molecular complexity index is 3380. The minimum absolute atomic E-state index is 1.17. The van der Waals surface area contributed by atoms with E-state index in [0.717, 1.165) is 0 Å². The van der Waals surface area contributed by atoms with Crippen molar-refractivity contribution in [3.63, 3.8) is 0 Å². The van der Waals surface area contributed by atoms with Gasteiger partial charge in [0.15, 0.2) is 0 Å². The fourth-order valence-corrected chi connectivity index (χ4v) is 9.53. The average molecular weight is 789 g/mol. The predicted molar refractivity (Wildman–Crippen MR) is 262 cm³/mol. The number of para-hydroxylation sites is 4. The van der Waals surface area contributed by atoms with Crippen LogP contribution in [0.2, 0.25) is 0 Å². The quantitative estimate of drug-likeness (QED) is 0.152. The minimum atomic E-state index is 1.17. The first-order chi connectivity index (χ1) is 30.7. The lowest BCUT2D eigenvalue weighted by Crippen LogP contribution is -1.92. The monoisotopic (exact) mass is 788 g/mol. The van der Waals surface area contributed by atoms with Crippen LogP contribution in [0.15, 0.2) is 243 Å². The molecule has 0 saturated carbocycles. The van der Waals surface area contributed by atoms with Gasteiger partial charge in [0.25, 0.3) is 0 Å². The van der Waals surface area contributed by atoms with Gasteiger partial charge in [-0.05, 0) is 141 Å². The number of fused-ring (bicyclic) bond motifs is 6. The van der Waals surface area contributed by atoms with E-state index in [1.165, 1.54) is 111 Å². The second kappa shape index (κ2) is 14.8. The minimum Gasteiger partial charge on any atom is -0.309 e. The van der Waals surface area contributed by atoms with Crippen molar-refractivity contribution in [3.05, 3.63) is 243 Å². The van der Waals surface area contributed by atoms with Gasteiger partial charge in [0.2, 0.25) is 0 Å². The number of nitrogens with zero attached hydrogens (tertiary/aromatic N) is 2. The van der Waals surface area contributed by atoms with Crippen molar-refractivity contribution in [1.82, 2.24) is 9.13 Å². The van der Waals surface area contributed by atoms with Gasteiger partial charge in [-0.2, -0.15) is 0 Å². The van der Waals surface area contributed by atoms with Crippen molar-refractivity contribution in [1.29, 1.82) is 0 Å². The van der Waals surface area contributed by atoms with Gasteiger partial charge in [-0.15, -0.1) is 0 Å². The molecular formula is C60H40N2. The average Bonchev–Trinajstić information content (AvgIpc) is 3.87. The Hall–Kier alpha value is -8.20. The van der Waals surface area contributed by atoms with Gasteiger partial charge in [0.1, 0.15) is 0 Å². The Morgan fingerprint density at radius 2 is 0.452 bits per heavy atom. The van der Waals surface area contributed by atoms with Crippen molar-refractivity contribution in [2.75, 3.05) is 0 Å². The summed E-state index contributed by atoms with van der Waals surface area (Å²) >= 11 is 0. The van der Waals surface area contributed by atoms with Crippen LogP contribution in [0, 0.1) is 0 Å². The van der Waals surface area contributed by atoms with Gasteiger partial charge < -0.3 is 9.13 Å². The summed E-state index contributed by atoms with van der Waals surface area (Å²) in [6.45, 7) is 0. The van der Waals surface area contributed by atoms with Crippen molar-refractivity contribution in [3.8, 4) is 67.0 Å². The summed E-state index contributed by atoms with van der Waals surface area (Å²) in [4.78, 5) is 0.